The fourth-order valence-corrected chi connectivity index (χ4v) is 3.87. The third kappa shape index (κ3) is 2.92. The monoisotopic (exact) mass is 320 g/mol. The van der Waals surface area contributed by atoms with Crippen LogP contribution in [0, 0.1) is 0 Å². The normalized spacial score (nSPS) is 19.6. The molecule has 1 unspecified atom stereocenters. The lowest BCUT2D eigenvalue weighted by molar-refractivity contribution is 0.137. The van der Waals surface area contributed by atoms with Crippen molar-refractivity contribution in [3.63, 3.8) is 0 Å². The van der Waals surface area contributed by atoms with E-state index in [2.05, 4.69) is 47.3 Å². The summed E-state index contributed by atoms with van der Waals surface area (Å²) < 4.78 is 6.03. The molecule has 0 radical (unpaired) electrons. The first kappa shape index (κ1) is 15.3. The zero-order valence-corrected chi connectivity index (χ0v) is 14.1. The Bertz CT molecular complexity index is 796. The predicted molar refractivity (Wildman–Crippen MR) is 98.4 cm³/mol. The minimum Gasteiger partial charge on any atom is -0.492 e. The topological polar surface area (TPSA) is 28.3 Å². The van der Waals surface area contributed by atoms with Crippen LogP contribution in [0.25, 0.3) is 10.9 Å². The summed E-state index contributed by atoms with van der Waals surface area (Å²) >= 11 is 0. The molecular weight excluding hydrogens is 296 g/mol. The third-order valence-corrected chi connectivity index (χ3v) is 5.18. The summed E-state index contributed by atoms with van der Waals surface area (Å²) in [7, 11) is 0. The molecule has 0 bridgehead atoms. The second-order valence-electron chi connectivity index (χ2n) is 6.62. The van der Waals surface area contributed by atoms with E-state index in [1.165, 1.54) is 29.3 Å². The number of aromatic amines is 1. The van der Waals surface area contributed by atoms with Gasteiger partial charge in [-0.15, -0.1) is 0 Å². The predicted octanol–water partition coefficient (Wildman–Crippen LogP) is 4.77. The first-order valence-electron chi connectivity index (χ1n) is 8.82. The molecule has 3 nitrogen and oxygen atoms in total. The summed E-state index contributed by atoms with van der Waals surface area (Å²) in [5.74, 6) is 0.962. The van der Waals surface area contributed by atoms with Gasteiger partial charge in [-0.3, -0.25) is 4.90 Å². The number of ether oxygens (including phenoxy) is 1. The summed E-state index contributed by atoms with van der Waals surface area (Å²) in [6.45, 7) is 4.22. The molecule has 1 N–H and O–H groups in total. The molecule has 124 valence electrons. The maximum Gasteiger partial charge on any atom is 0.119 e. The van der Waals surface area contributed by atoms with Crippen LogP contribution in [0.15, 0.2) is 60.8 Å². The van der Waals surface area contributed by atoms with Crippen molar-refractivity contribution in [2.75, 3.05) is 13.2 Å². The van der Waals surface area contributed by atoms with Crippen LogP contribution < -0.4 is 4.74 Å². The highest BCUT2D eigenvalue weighted by atomic mass is 16.5. The maximum absolute atomic E-state index is 6.03. The quantitative estimate of drug-likeness (QED) is 0.733. The molecule has 0 spiro atoms. The largest absolute Gasteiger partial charge is 0.492 e. The number of hydrogen-bond donors (Lipinski definition) is 1. The SMILES string of the molecule is CC(c1c[nH]c2ccccc12)N1CCC[C@H]1COc1ccccc1. The van der Waals surface area contributed by atoms with Gasteiger partial charge in [-0.2, -0.15) is 0 Å². The summed E-state index contributed by atoms with van der Waals surface area (Å²) in [4.78, 5) is 6.00. The summed E-state index contributed by atoms with van der Waals surface area (Å²) in [6.07, 6.45) is 4.62. The van der Waals surface area contributed by atoms with Gasteiger partial charge in [-0.1, -0.05) is 36.4 Å². The number of para-hydroxylation sites is 2. The molecule has 0 aliphatic carbocycles. The molecule has 1 fully saturated rings. The molecule has 4 rings (SSSR count). The third-order valence-electron chi connectivity index (χ3n) is 5.18. The molecule has 1 aliphatic rings. The van der Waals surface area contributed by atoms with E-state index in [0.29, 0.717) is 12.1 Å². The fraction of sp³-hybridized carbons (Fsp3) is 0.333. The van der Waals surface area contributed by atoms with Gasteiger partial charge in [-0.25, -0.2) is 0 Å². The Morgan fingerprint density at radius 3 is 2.79 bits per heavy atom. The van der Waals surface area contributed by atoms with Crippen LogP contribution in [-0.2, 0) is 0 Å². The smallest absolute Gasteiger partial charge is 0.119 e. The van der Waals surface area contributed by atoms with Gasteiger partial charge in [0.1, 0.15) is 12.4 Å². The number of H-pyrrole nitrogens is 1. The van der Waals surface area contributed by atoms with E-state index in [-0.39, 0.29) is 0 Å². The molecule has 0 amide bonds. The maximum atomic E-state index is 6.03. The van der Waals surface area contributed by atoms with E-state index in [0.717, 1.165) is 18.9 Å². The molecule has 3 aromatic rings. The van der Waals surface area contributed by atoms with E-state index < -0.39 is 0 Å². The second kappa shape index (κ2) is 6.70. The van der Waals surface area contributed by atoms with Gasteiger partial charge in [0.05, 0.1) is 0 Å². The van der Waals surface area contributed by atoms with Crippen molar-refractivity contribution in [3.8, 4) is 5.75 Å². The first-order valence-corrected chi connectivity index (χ1v) is 8.82. The van der Waals surface area contributed by atoms with Crippen LogP contribution in [0.4, 0.5) is 0 Å². The van der Waals surface area contributed by atoms with Crippen molar-refractivity contribution in [2.45, 2.75) is 31.8 Å². The zero-order chi connectivity index (χ0) is 16.4. The number of aromatic nitrogens is 1. The number of rotatable bonds is 5. The van der Waals surface area contributed by atoms with Crippen molar-refractivity contribution in [2.24, 2.45) is 0 Å². The van der Waals surface area contributed by atoms with Gasteiger partial charge in [-0.05, 0) is 50.1 Å². The zero-order valence-electron chi connectivity index (χ0n) is 14.1. The number of fused-ring (bicyclic) bond motifs is 1. The Morgan fingerprint density at radius 1 is 1.12 bits per heavy atom. The van der Waals surface area contributed by atoms with E-state index in [9.17, 15) is 0 Å². The van der Waals surface area contributed by atoms with Crippen LogP contribution >= 0.6 is 0 Å². The fourth-order valence-electron chi connectivity index (χ4n) is 3.87. The van der Waals surface area contributed by atoms with Gasteiger partial charge >= 0.3 is 0 Å². The molecule has 2 aromatic carbocycles. The molecule has 2 heterocycles. The minimum atomic E-state index is 0.396. The molecular formula is C21H24N2O. The number of likely N-dealkylation sites (tertiary alicyclic amines) is 1. The Balaban J connectivity index is 1.49. The van der Waals surface area contributed by atoms with E-state index in [4.69, 9.17) is 4.74 Å². The number of hydrogen-bond acceptors (Lipinski definition) is 2. The first-order chi connectivity index (χ1) is 11.8. The molecule has 1 aliphatic heterocycles. The van der Waals surface area contributed by atoms with E-state index in [1.807, 2.05) is 30.3 Å². The molecule has 24 heavy (non-hydrogen) atoms. The number of nitrogens with one attached hydrogen (secondary N) is 1. The van der Waals surface area contributed by atoms with Gasteiger partial charge in [0.15, 0.2) is 0 Å². The average molecular weight is 320 g/mol. The number of nitrogens with zero attached hydrogens (tertiary/aromatic N) is 1. The van der Waals surface area contributed by atoms with E-state index in [1.54, 1.807) is 0 Å². The highest BCUT2D eigenvalue weighted by Crippen LogP contribution is 2.33. The summed E-state index contributed by atoms with van der Waals surface area (Å²) in [6, 6.07) is 19.6. The molecule has 3 heteroatoms. The molecule has 1 saturated heterocycles. The van der Waals surface area contributed by atoms with Crippen LogP contribution in [0.1, 0.15) is 31.4 Å². The van der Waals surface area contributed by atoms with E-state index >= 15 is 0 Å². The van der Waals surface area contributed by atoms with Crippen LogP contribution in [0.2, 0.25) is 0 Å². The highest BCUT2D eigenvalue weighted by Gasteiger charge is 2.30. The van der Waals surface area contributed by atoms with Gasteiger partial charge < -0.3 is 9.72 Å². The van der Waals surface area contributed by atoms with Crippen molar-refractivity contribution >= 4 is 10.9 Å². The van der Waals surface area contributed by atoms with Crippen molar-refractivity contribution in [3.05, 3.63) is 66.4 Å². The van der Waals surface area contributed by atoms with Crippen LogP contribution in [0.5, 0.6) is 5.75 Å². The molecule has 0 saturated carbocycles. The second-order valence-corrected chi connectivity index (χ2v) is 6.62. The van der Waals surface area contributed by atoms with Crippen molar-refractivity contribution in [1.29, 1.82) is 0 Å². The van der Waals surface area contributed by atoms with Crippen LogP contribution in [-0.4, -0.2) is 29.1 Å². The number of benzene rings is 2. The molecule has 2 atom stereocenters. The van der Waals surface area contributed by atoms with Gasteiger partial charge in [0, 0.05) is 29.2 Å². The lowest BCUT2D eigenvalue weighted by atomic mass is 10.0. The Morgan fingerprint density at radius 2 is 1.92 bits per heavy atom. The standard InChI is InChI=1S/C21H24N2O/c1-16(20-14-22-21-12-6-5-11-19(20)21)23-13-7-8-17(23)15-24-18-9-3-2-4-10-18/h2-6,9-12,14,16-17,22H,7-8,13,15H2,1H3/t16?,17-/m0/s1. The van der Waals surface area contributed by atoms with Crippen molar-refractivity contribution < 1.29 is 4.74 Å². The lowest BCUT2D eigenvalue weighted by Crippen LogP contribution is -2.36. The van der Waals surface area contributed by atoms with Gasteiger partial charge in [0.25, 0.3) is 0 Å². The highest BCUT2D eigenvalue weighted by molar-refractivity contribution is 5.83. The van der Waals surface area contributed by atoms with Crippen molar-refractivity contribution in [1.82, 2.24) is 9.88 Å². The minimum absolute atomic E-state index is 0.396. The Kier molecular flexibility index (Phi) is 4.26. The molecule has 1 aromatic heterocycles. The van der Waals surface area contributed by atoms with Gasteiger partial charge in [0.2, 0.25) is 0 Å². The summed E-state index contributed by atoms with van der Waals surface area (Å²) in [5, 5.41) is 1.33. The van der Waals surface area contributed by atoms with Crippen LogP contribution in [0.3, 0.4) is 0 Å². The average Bonchev–Trinajstić information content (AvgIpc) is 3.27. The Labute approximate surface area is 143 Å². The summed E-state index contributed by atoms with van der Waals surface area (Å²) in [5.41, 5.74) is 2.60. The Hall–Kier alpha value is -2.26. The lowest BCUT2D eigenvalue weighted by Gasteiger charge is -2.30.